The molecule has 0 unspecified atom stereocenters. The maximum atomic E-state index is 8.57. The number of hydrogen-bond acceptors (Lipinski definition) is 1. The van der Waals surface area contributed by atoms with Crippen molar-refractivity contribution in [2.45, 2.75) is 6.92 Å². The van der Waals surface area contributed by atoms with E-state index in [4.69, 9.17) is 28.5 Å². The predicted octanol–water partition coefficient (Wildman–Crippen LogP) is 3.17. The van der Waals surface area contributed by atoms with Crippen molar-refractivity contribution >= 4 is 23.2 Å². The number of benzene rings is 1. The number of halogens is 2. The van der Waals surface area contributed by atoms with Crippen molar-refractivity contribution in [1.29, 1.82) is 5.26 Å². The van der Waals surface area contributed by atoms with Gasteiger partial charge < -0.3 is 0 Å². The standard InChI is InChI=1S/C8H5Cl2N/c1-5-2-7(9)6(4-11)8(10)3-5/h2-3H,1H3. The molecule has 0 fully saturated rings. The van der Waals surface area contributed by atoms with Crippen molar-refractivity contribution in [2.75, 3.05) is 0 Å². The van der Waals surface area contributed by atoms with Gasteiger partial charge >= 0.3 is 0 Å². The van der Waals surface area contributed by atoms with Crippen molar-refractivity contribution in [1.82, 2.24) is 0 Å². The molecule has 0 atom stereocenters. The fourth-order valence-corrected chi connectivity index (χ4v) is 1.49. The van der Waals surface area contributed by atoms with Gasteiger partial charge in [0, 0.05) is 0 Å². The van der Waals surface area contributed by atoms with Crippen molar-refractivity contribution in [2.24, 2.45) is 0 Å². The minimum Gasteiger partial charge on any atom is -0.192 e. The molecular weight excluding hydrogens is 181 g/mol. The highest BCUT2D eigenvalue weighted by molar-refractivity contribution is 6.36. The van der Waals surface area contributed by atoms with Gasteiger partial charge in [-0.15, -0.1) is 0 Å². The molecule has 3 heteroatoms. The van der Waals surface area contributed by atoms with Crippen LogP contribution in [0.2, 0.25) is 10.0 Å². The molecule has 0 aliphatic heterocycles. The van der Waals surface area contributed by atoms with Crippen molar-refractivity contribution in [3.8, 4) is 6.07 Å². The Kier molecular flexibility index (Phi) is 2.38. The number of aryl methyl sites for hydroxylation is 1. The van der Waals surface area contributed by atoms with Crippen molar-refractivity contribution < 1.29 is 0 Å². The lowest BCUT2D eigenvalue weighted by atomic mass is 10.2. The molecule has 1 rings (SSSR count). The minimum absolute atomic E-state index is 0.346. The Balaban J connectivity index is 3.40. The van der Waals surface area contributed by atoms with E-state index >= 15 is 0 Å². The van der Waals surface area contributed by atoms with Gasteiger partial charge in [0.05, 0.1) is 15.6 Å². The Morgan fingerprint density at radius 3 is 2.09 bits per heavy atom. The van der Waals surface area contributed by atoms with E-state index in [1.807, 2.05) is 13.0 Å². The third-order valence-corrected chi connectivity index (χ3v) is 1.89. The van der Waals surface area contributed by atoms with Crippen LogP contribution in [0.5, 0.6) is 0 Å². The lowest BCUT2D eigenvalue weighted by Gasteiger charge is -1.98. The van der Waals surface area contributed by atoms with E-state index in [-0.39, 0.29) is 0 Å². The summed E-state index contributed by atoms with van der Waals surface area (Å²) in [5, 5.41) is 9.40. The van der Waals surface area contributed by atoms with Crippen LogP contribution in [-0.2, 0) is 0 Å². The topological polar surface area (TPSA) is 23.8 Å². The average Bonchev–Trinajstić information content (AvgIpc) is 1.85. The van der Waals surface area contributed by atoms with Gasteiger partial charge in [-0.25, -0.2) is 0 Å². The number of hydrogen-bond donors (Lipinski definition) is 0. The molecule has 1 aromatic carbocycles. The van der Waals surface area contributed by atoms with E-state index in [0.717, 1.165) is 5.56 Å². The summed E-state index contributed by atoms with van der Waals surface area (Å²) in [5.74, 6) is 0. The van der Waals surface area contributed by atoms with Gasteiger partial charge in [-0.2, -0.15) is 5.26 Å². The molecule has 0 bridgehead atoms. The summed E-state index contributed by atoms with van der Waals surface area (Å²) in [5.41, 5.74) is 1.30. The quantitative estimate of drug-likeness (QED) is 0.610. The molecule has 56 valence electrons. The van der Waals surface area contributed by atoms with Crippen LogP contribution in [-0.4, -0.2) is 0 Å². The Labute approximate surface area is 75.2 Å². The molecule has 0 aliphatic rings. The number of nitriles is 1. The molecule has 0 aliphatic carbocycles. The predicted molar refractivity (Wildman–Crippen MR) is 45.9 cm³/mol. The third-order valence-electron chi connectivity index (χ3n) is 1.30. The summed E-state index contributed by atoms with van der Waals surface area (Å²) in [6, 6.07) is 5.36. The second kappa shape index (κ2) is 3.13. The van der Waals surface area contributed by atoms with Crippen LogP contribution in [0.4, 0.5) is 0 Å². The largest absolute Gasteiger partial charge is 0.192 e. The van der Waals surface area contributed by atoms with Crippen LogP contribution in [0, 0.1) is 18.3 Å². The normalized spacial score (nSPS) is 9.27. The molecule has 1 aromatic rings. The summed E-state index contributed by atoms with van der Waals surface area (Å²) < 4.78 is 0. The molecule has 11 heavy (non-hydrogen) atoms. The van der Waals surface area contributed by atoms with E-state index in [2.05, 4.69) is 0 Å². The molecule has 0 spiro atoms. The van der Waals surface area contributed by atoms with E-state index < -0.39 is 0 Å². The highest BCUT2D eigenvalue weighted by Gasteiger charge is 2.04. The molecule has 0 saturated heterocycles. The van der Waals surface area contributed by atoms with Gasteiger partial charge in [0.15, 0.2) is 0 Å². The first-order chi connectivity index (χ1) is 5.15. The lowest BCUT2D eigenvalue weighted by Crippen LogP contribution is -1.81. The molecule has 0 N–H and O–H groups in total. The van der Waals surface area contributed by atoms with Gasteiger partial charge in [0.1, 0.15) is 6.07 Å². The summed E-state index contributed by atoms with van der Waals surface area (Å²) in [6.07, 6.45) is 0. The first-order valence-electron chi connectivity index (χ1n) is 3.01. The van der Waals surface area contributed by atoms with Crippen molar-refractivity contribution in [3.05, 3.63) is 33.3 Å². The second-order valence-corrected chi connectivity index (χ2v) is 3.03. The van der Waals surface area contributed by atoms with Crippen LogP contribution in [0.3, 0.4) is 0 Å². The number of rotatable bonds is 0. The smallest absolute Gasteiger partial charge is 0.102 e. The van der Waals surface area contributed by atoms with Gasteiger partial charge in [-0.05, 0) is 24.6 Å². The van der Waals surface area contributed by atoms with Crippen LogP contribution in [0.25, 0.3) is 0 Å². The monoisotopic (exact) mass is 185 g/mol. The molecule has 0 aromatic heterocycles. The third kappa shape index (κ3) is 1.65. The summed E-state index contributed by atoms with van der Waals surface area (Å²) >= 11 is 11.5. The van der Waals surface area contributed by atoms with Crippen LogP contribution >= 0.6 is 23.2 Å². The lowest BCUT2D eigenvalue weighted by molar-refractivity contribution is 1.43. The van der Waals surface area contributed by atoms with E-state index in [0.29, 0.717) is 15.6 Å². The Morgan fingerprint density at radius 1 is 1.27 bits per heavy atom. The molecular formula is C8H5Cl2N. The van der Waals surface area contributed by atoms with E-state index in [1.54, 1.807) is 12.1 Å². The Hall–Kier alpha value is -0.710. The zero-order chi connectivity index (χ0) is 8.43. The SMILES string of the molecule is Cc1cc(Cl)c(C#N)c(Cl)c1. The molecule has 0 radical (unpaired) electrons. The van der Waals surface area contributed by atoms with Gasteiger partial charge in [-0.3, -0.25) is 0 Å². The van der Waals surface area contributed by atoms with Crippen LogP contribution < -0.4 is 0 Å². The second-order valence-electron chi connectivity index (χ2n) is 2.22. The first-order valence-corrected chi connectivity index (χ1v) is 3.76. The maximum Gasteiger partial charge on any atom is 0.102 e. The maximum absolute atomic E-state index is 8.57. The van der Waals surface area contributed by atoms with Crippen LogP contribution in [0.1, 0.15) is 11.1 Å². The summed E-state index contributed by atoms with van der Waals surface area (Å²) in [7, 11) is 0. The fourth-order valence-electron chi connectivity index (χ4n) is 0.807. The van der Waals surface area contributed by atoms with Crippen LogP contribution in [0.15, 0.2) is 12.1 Å². The van der Waals surface area contributed by atoms with Gasteiger partial charge in [0.2, 0.25) is 0 Å². The first kappa shape index (κ1) is 8.39. The molecule has 0 amide bonds. The highest BCUT2D eigenvalue weighted by atomic mass is 35.5. The zero-order valence-electron chi connectivity index (χ0n) is 5.86. The average molecular weight is 186 g/mol. The molecule has 0 heterocycles. The van der Waals surface area contributed by atoms with Gasteiger partial charge in [-0.1, -0.05) is 23.2 Å². The zero-order valence-corrected chi connectivity index (χ0v) is 7.37. The van der Waals surface area contributed by atoms with Gasteiger partial charge in [0.25, 0.3) is 0 Å². The molecule has 1 nitrogen and oxygen atoms in total. The van der Waals surface area contributed by atoms with E-state index in [1.165, 1.54) is 0 Å². The number of nitrogens with zero attached hydrogens (tertiary/aromatic N) is 1. The molecule has 0 saturated carbocycles. The fraction of sp³-hybridized carbons (Fsp3) is 0.125. The Bertz CT molecular complexity index is 302. The summed E-state index contributed by atoms with van der Waals surface area (Å²) in [6.45, 7) is 1.87. The Morgan fingerprint density at radius 2 is 1.73 bits per heavy atom. The van der Waals surface area contributed by atoms with E-state index in [9.17, 15) is 0 Å². The highest BCUT2D eigenvalue weighted by Crippen LogP contribution is 2.24. The summed E-state index contributed by atoms with van der Waals surface area (Å²) in [4.78, 5) is 0. The minimum atomic E-state index is 0.346. The van der Waals surface area contributed by atoms with Crippen molar-refractivity contribution in [3.63, 3.8) is 0 Å².